The zero-order valence-electron chi connectivity index (χ0n) is 8.20. The second kappa shape index (κ2) is 3.01. The van der Waals surface area contributed by atoms with E-state index < -0.39 is 0 Å². The maximum absolute atomic E-state index is 11.6. The average Bonchev–Trinajstić information content (AvgIpc) is 2.46. The van der Waals surface area contributed by atoms with Crippen molar-refractivity contribution in [2.45, 2.75) is 13.3 Å². The summed E-state index contributed by atoms with van der Waals surface area (Å²) in [5, 5.41) is 9.77. The second-order valence-electron chi connectivity index (χ2n) is 3.61. The molecule has 3 nitrogen and oxygen atoms in total. The molecule has 0 aliphatic heterocycles. The number of phenols is 1. The highest BCUT2D eigenvalue weighted by molar-refractivity contribution is 6.03. The van der Waals surface area contributed by atoms with E-state index in [1.54, 1.807) is 12.1 Å². The van der Waals surface area contributed by atoms with Crippen LogP contribution in [0.15, 0.2) is 12.1 Å². The third-order valence-corrected chi connectivity index (χ3v) is 2.69. The van der Waals surface area contributed by atoms with Crippen LogP contribution in [0.3, 0.4) is 0 Å². The van der Waals surface area contributed by atoms with Gasteiger partial charge in [0.1, 0.15) is 0 Å². The molecule has 3 heteroatoms. The molecule has 0 bridgehead atoms. The fourth-order valence-electron chi connectivity index (χ4n) is 1.88. The number of fused-ring (bicyclic) bond motifs is 1. The number of carbonyl (C=O) groups excluding carboxylic acids is 1. The molecule has 74 valence electrons. The molecule has 2 rings (SSSR count). The van der Waals surface area contributed by atoms with E-state index in [9.17, 15) is 9.90 Å². The Morgan fingerprint density at radius 1 is 1.50 bits per heavy atom. The lowest BCUT2D eigenvalue weighted by Crippen LogP contribution is -2.02. The largest absolute Gasteiger partial charge is 0.504 e. The minimum absolute atomic E-state index is 0.0250. The van der Waals surface area contributed by atoms with Gasteiger partial charge in [-0.05, 0) is 18.6 Å². The van der Waals surface area contributed by atoms with Gasteiger partial charge in [-0.1, -0.05) is 6.92 Å². The lowest BCUT2D eigenvalue weighted by atomic mass is 10.1. The number of benzene rings is 1. The molecule has 0 fully saturated rings. The topological polar surface area (TPSA) is 46.5 Å². The Balaban J connectivity index is 2.58. The molecule has 1 unspecified atom stereocenters. The van der Waals surface area contributed by atoms with Gasteiger partial charge in [0.15, 0.2) is 17.3 Å². The molecule has 1 aromatic carbocycles. The molecule has 0 radical (unpaired) electrons. The molecular weight excluding hydrogens is 180 g/mol. The van der Waals surface area contributed by atoms with E-state index >= 15 is 0 Å². The first-order valence-corrected chi connectivity index (χ1v) is 4.58. The van der Waals surface area contributed by atoms with E-state index in [4.69, 9.17) is 4.74 Å². The van der Waals surface area contributed by atoms with E-state index in [0.29, 0.717) is 17.7 Å². The number of rotatable bonds is 1. The van der Waals surface area contributed by atoms with E-state index in [1.807, 2.05) is 6.92 Å². The molecule has 0 aromatic heterocycles. The van der Waals surface area contributed by atoms with Gasteiger partial charge in [0.2, 0.25) is 0 Å². The molecule has 0 heterocycles. The third-order valence-electron chi connectivity index (χ3n) is 2.69. The van der Waals surface area contributed by atoms with Crippen LogP contribution in [0.25, 0.3) is 0 Å². The smallest absolute Gasteiger partial charge is 0.166 e. The minimum atomic E-state index is -0.0250. The second-order valence-corrected chi connectivity index (χ2v) is 3.61. The number of ketones is 1. The van der Waals surface area contributed by atoms with Gasteiger partial charge >= 0.3 is 0 Å². The summed E-state index contributed by atoms with van der Waals surface area (Å²) in [6.07, 6.45) is 0.608. The van der Waals surface area contributed by atoms with Crippen molar-refractivity contribution in [2.75, 3.05) is 7.11 Å². The molecule has 1 N–H and O–H groups in total. The molecule has 1 aliphatic carbocycles. The van der Waals surface area contributed by atoms with Crippen LogP contribution in [0.4, 0.5) is 0 Å². The van der Waals surface area contributed by atoms with E-state index in [2.05, 4.69) is 0 Å². The summed E-state index contributed by atoms with van der Waals surface area (Å²) in [5.74, 6) is 0.634. The summed E-state index contributed by atoms with van der Waals surface area (Å²) < 4.78 is 4.98. The van der Waals surface area contributed by atoms with Crippen molar-refractivity contribution in [1.82, 2.24) is 0 Å². The standard InChI is InChI=1S/C11H12O3/c1-6-5-8-7(10(6)12)3-4-9(14-2)11(8)13/h3-4,6,13H,5H2,1-2H3. The summed E-state index contributed by atoms with van der Waals surface area (Å²) in [4.78, 5) is 11.6. The van der Waals surface area contributed by atoms with Crippen molar-refractivity contribution >= 4 is 5.78 Å². The van der Waals surface area contributed by atoms with Crippen molar-refractivity contribution in [3.63, 3.8) is 0 Å². The lowest BCUT2D eigenvalue weighted by molar-refractivity contribution is 0.0946. The highest BCUT2D eigenvalue weighted by atomic mass is 16.5. The number of aromatic hydroxyl groups is 1. The monoisotopic (exact) mass is 192 g/mol. The fourth-order valence-corrected chi connectivity index (χ4v) is 1.88. The van der Waals surface area contributed by atoms with Gasteiger partial charge in [-0.15, -0.1) is 0 Å². The molecule has 0 spiro atoms. The minimum Gasteiger partial charge on any atom is -0.504 e. The fraction of sp³-hybridized carbons (Fsp3) is 0.364. The number of hydrogen-bond donors (Lipinski definition) is 1. The van der Waals surface area contributed by atoms with E-state index in [0.717, 1.165) is 5.56 Å². The first-order chi connectivity index (χ1) is 6.65. The normalized spacial score (nSPS) is 19.6. The Kier molecular flexibility index (Phi) is 1.95. The van der Waals surface area contributed by atoms with E-state index in [1.165, 1.54) is 7.11 Å². The predicted octanol–water partition coefficient (Wildman–Crippen LogP) is 1.78. The summed E-state index contributed by atoms with van der Waals surface area (Å²) in [6, 6.07) is 3.35. The number of phenolic OH excluding ortho intramolecular Hbond substituents is 1. The van der Waals surface area contributed by atoms with Crippen LogP contribution in [0.2, 0.25) is 0 Å². The van der Waals surface area contributed by atoms with Crippen LogP contribution in [-0.4, -0.2) is 18.0 Å². The first-order valence-electron chi connectivity index (χ1n) is 4.58. The van der Waals surface area contributed by atoms with Crippen molar-refractivity contribution in [3.8, 4) is 11.5 Å². The van der Waals surface area contributed by atoms with Crippen LogP contribution >= 0.6 is 0 Å². The Morgan fingerprint density at radius 2 is 2.21 bits per heavy atom. The van der Waals surface area contributed by atoms with Crippen LogP contribution in [0.1, 0.15) is 22.8 Å². The van der Waals surface area contributed by atoms with Gasteiger partial charge in [0, 0.05) is 17.0 Å². The zero-order chi connectivity index (χ0) is 10.3. The molecular formula is C11H12O3. The SMILES string of the molecule is COc1ccc2c(c1O)CC(C)C2=O. The van der Waals surface area contributed by atoms with Crippen LogP contribution in [0.5, 0.6) is 11.5 Å². The van der Waals surface area contributed by atoms with Gasteiger partial charge in [0.25, 0.3) is 0 Å². The lowest BCUT2D eigenvalue weighted by Gasteiger charge is -2.06. The molecule has 1 aliphatic rings. The molecule has 14 heavy (non-hydrogen) atoms. The number of hydrogen-bond acceptors (Lipinski definition) is 3. The molecule has 1 aromatic rings. The summed E-state index contributed by atoms with van der Waals surface area (Å²) in [6.45, 7) is 1.87. The Labute approximate surface area is 82.3 Å². The van der Waals surface area contributed by atoms with Gasteiger partial charge in [-0.25, -0.2) is 0 Å². The van der Waals surface area contributed by atoms with Gasteiger partial charge in [-0.3, -0.25) is 4.79 Å². The predicted molar refractivity (Wildman–Crippen MR) is 51.9 cm³/mol. The van der Waals surface area contributed by atoms with Crippen molar-refractivity contribution < 1.29 is 14.6 Å². The molecule has 0 saturated carbocycles. The van der Waals surface area contributed by atoms with Crippen molar-refractivity contribution in [1.29, 1.82) is 0 Å². The van der Waals surface area contributed by atoms with Gasteiger partial charge in [-0.2, -0.15) is 0 Å². The zero-order valence-corrected chi connectivity index (χ0v) is 8.20. The average molecular weight is 192 g/mol. The first kappa shape index (κ1) is 9.06. The quantitative estimate of drug-likeness (QED) is 0.737. The summed E-state index contributed by atoms with van der Waals surface area (Å²) in [5.41, 5.74) is 1.36. The summed E-state index contributed by atoms with van der Waals surface area (Å²) >= 11 is 0. The summed E-state index contributed by atoms with van der Waals surface area (Å²) in [7, 11) is 1.50. The van der Waals surface area contributed by atoms with Crippen molar-refractivity contribution in [2.24, 2.45) is 5.92 Å². The maximum atomic E-state index is 11.6. The molecule has 1 atom stereocenters. The number of methoxy groups -OCH3 is 1. The third kappa shape index (κ3) is 1.09. The number of carbonyl (C=O) groups is 1. The Hall–Kier alpha value is -1.51. The highest BCUT2D eigenvalue weighted by Gasteiger charge is 2.30. The molecule has 0 saturated heterocycles. The highest BCUT2D eigenvalue weighted by Crippen LogP contribution is 2.38. The van der Waals surface area contributed by atoms with Gasteiger partial charge in [0.05, 0.1) is 7.11 Å². The molecule has 0 amide bonds. The van der Waals surface area contributed by atoms with Crippen LogP contribution in [-0.2, 0) is 6.42 Å². The van der Waals surface area contributed by atoms with Crippen molar-refractivity contribution in [3.05, 3.63) is 23.3 Å². The Bertz CT molecular complexity index is 396. The van der Waals surface area contributed by atoms with Crippen LogP contribution in [0, 0.1) is 5.92 Å². The Morgan fingerprint density at radius 3 is 2.86 bits per heavy atom. The maximum Gasteiger partial charge on any atom is 0.166 e. The van der Waals surface area contributed by atoms with Gasteiger partial charge < -0.3 is 9.84 Å². The number of Topliss-reactive ketones (excluding diaryl/α,β-unsaturated/α-hetero) is 1. The van der Waals surface area contributed by atoms with Crippen LogP contribution < -0.4 is 4.74 Å². The number of ether oxygens (including phenoxy) is 1. The van der Waals surface area contributed by atoms with E-state index in [-0.39, 0.29) is 17.5 Å².